The van der Waals surface area contributed by atoms with Crippen LogP contribution in [0.15, 0.2) is 11.0 Å². The van der Waals surface area contributed by atoms with Gasteiger partial charge >= 0.3 is 5.97 Å². The summed E-state index contributed by atoms with van der Waals surface area (Å²) in [5, 5.41) is 0.184. The molecule has 0 amide bonds. The van der Waals surface area contributed by atoms with Gasteiger partial charge in [-0.15, -0.1) is 0 Å². The van der Waals surface area contributed by atoms with E-state index in [1.807, 2.05) is 0 Å². The Kier molecular flexibility index (Phi) is 2.15. The molecule has 0 atom stereocenters. The zero-order chi connectivity index (χ0) is 11.9. The van der Waals surface area contributed by atoms with E-state index in [-0.39, 0.29) is 16.9 Å². The summed E-state index contributed by atoms with van der Waals surface area (Å²) < 4.78 is 6.13. The minimum Gasteiger partial charge on any atom is -0.465 e. The Labute approximate surface area is 89.8 Å². The van der Waals surface area contributed by atoms with Gasteiger partial charge in [0.25, 0.3) is 5.56 Å². The minimum absolute atomic E-state index is 0.00937. The maximum atomic E-state index is 11.7. The van der Waals surface area contributed by atoms with Crippen LogP contribution in [0.2, 0.25) is 0 Å². The number of hydrogen-bond donors (Lipinski definition) is 2. The lowest BCUT2D eigenvalue weighted by atomic mass is 10.2. The molecule has 16 heavy (non-hydrogen) atoms. The van der Waals surface area contributed by atoms with Gasteiger partial charge in [-0.2, -0.15) is 4.98 Å². The van der Waals surface area contributed by atoms with Crippen molar-refractivity contribution >= 4 is 23.0 Å². The molecule has 2 aromatic heterocycles. The van der Waals surface area contributed by atoms with Crippen molar-refractivity contribution in [2.45, 2.75) is 0 Å². The summed E-state index contributed by atoms with van der Waals surface area (Å²) in [6.45, 7) is 0. The van der Waals surface area contributed by atoms with Gasteiger partial charge in [-0.05, 0) is 0 Å². The van der Waals surface area contributed by atoms with Crippen molar-refractivity contribution in [3.05, 3.63) is 22.1 Å². The zero-order valence-electron chi connectivity index (χ0n) is 8.77. The molecule has 0 fully saturated rings. The number of nitrogens with two attached hydrogens (primary N) is 1. The Morgan fingerprint density at radius 1 is 1.62 bits per heavy atom. The molecule has 0 saturated carbocycles. The van der Waals surface area contributed by atoms with Gasteiger partial charge in [0.05, 0.1) is 18.1 Å². The number of hydrogen-bond acceptors (Lipinski definition) is 5. The summed E-state index contributed by atoms with van der Waals surface area (Å²) in [6.07, 6.45) is 1.48. The van der Waals surface area contributed by atoms with E-state index < -0.39 is 11.5 Å². The third-order valence-electron chi connectivity index (χ3n) is 2.25. The molecule has 7 nitrogen and oxygen atoms in total. The summed E-state index contributed by atoms with van der Waals surface area (Å²) in [5.74, 6) is -0.571. The van der Waals surface area contributed by atoms with E-state index in [0.29, 0.717) is 5.65 Å². The number of aromatic amines is 1. The van der Waals surface area contributed by atoms with Gasteiger partial charge in [0, 0.05) is 13.2 Å². The van der Waals surface area contributed by atoms with E-state index in [2.05, 4.69) is 14.7 Å². The topological polar surface area (TPSA) is 103 Å². The molecule has 0 aliphatic heterocycles. The van der Waals surface area contributed by atoms with Crippen LogP contribution in [0.4, 0.5) is 5.95 Å². The molecule has 3 N–H and O–H groups in total. The highest BCUT2D eigenvalue weighted by Gasteiger charge is 2.18. The largest absolute Gasteiger partial charge is 0.465 e. The number of esters is 1. The molecule has 0 unspecified atom stereocenters. The van der Waals surface area contributed by atoms with Gasteiger partial charge in [0.15, 0.2) is 0 Å². The van der Waals surface area contributed by atoms with E-state index in [4.69, 9.17) is 5.73 Å². The highest BCUT2D eigenvalue weighted by Crippen LogP contribution is 2.15. The zero-order valence-corrected chi connectivity index (χ0v) is 8.77. The molecule has 0 aliphatic carbocycles. The Morgan fingerprint density at radius 3 is 2.94 bits per heavy atom. The molecule has 0 radical (unpaired) electrons. The number of aryl methyl sites for hydroxylation is 1. The van der Waals surface area contributed by atoms with E-state index in [9.17, 15) is 9.59 Å². The minimum atomic E-state index is -0.581. The van der Waals surface area contributed by atoms with Crippen LogP contribution in [0.1, 0.15) is 10.4 Å². The van der Waals surface area contributed by atoms with Crippen LogP contribution < -0.4 is 11.3 Å². The number of fused-ring (bicyclic) bond motifs is 1. The van der Waals surface area contributed by atoms with Crippen molar-refractivity contribution in [3.63, 3.8) is 0 Å². The lowest BCUT2D eigenvalue weighted by molar-refractivity contribution is 0.0602. The van der Waals surface area contributed by atoms with E-state index in [1.54, 1.807) is 11.6 Å². The van der Waals surface area contributed by atoms with Crippen LogP contribution >= 0.6 is 0 Å². The third-order valence-corrected chi connectivity index (χ3v) is 2.25. The first-order valence-electron chi connectivity index (χ1n) is 4.47. The first-order chi connectivity index (χ1) is 7.54. The van der Waals surface area contributed by atoms with Gasteiger partial charge in [-0.1, -0.05) is 0 Å². The molecule has 2 rings (SSSR count). The second kappa shape index (κ2) is 3.37. The Morgan fingerprint density at radius 2 is 2.31 bits per heavy atom. The van der Waals surface area contributed by atoms with Crippen LogP contribution in [-0.2, 0) is 11.8 Å². The van der Waals surface area contributed by atoms with Crippen molar-refractivity contribution in [2.24, 2.45) is 7.05 Å². The quantitative estimate of drug-likeness (QED) is 0.641. The Bertz CT molecular complexity index is 625. The number of carbonyl (C=O) groups excluding carboxylic acids is 1. The molecule has 84 valence electrons. The Balaban J connectivity index is 2.89. The van der Waals surface area contributed by atoms with Crippen LogP contribution in [0.25, 0.3) is 11.0 Å². The van der Waals surface area contributed by atoms with Gasteiger partial charge < -0.3 is 15.0 Å². The van der Waals surface area contributed by atoms with Crippen LogP contribution in [-0.4, -0.2) is 27.6 Å². The fourth-order valence-corrected chi connectivity index (χ4v) is 1.56. The van der Waals surface area contributed by atoms with Gasteiger partial charge in [-0.3, -0.25) is 9.78 Å². The number of H-pyrrole nitrogens is 1. The number of nitrogens with one attached hydrogen (secondary N) is 1. The van der Waals surface area contributed by atoms with E-state index in [0.717, 1.165) is 0 Å². The third kappa shape index (κ3) is 1.33. The SMILES string of the molecule is COC(=O)c1cn(C)c2nc(N)[nH]c(=O)c12. The molecule has 0 bridgehead atoms. The summed E-state index contributed by atoms with van der Waals surface area (Å²) in [6, 6.07) is 0. The van der Waals surface area contributed by atoms with Crippen LogP contribution in [0.5, 0.6) is 0 Å². The Hall–Kier alpha value is -2.31. The maximum absolute atomic E-state index is 11.7. The normalized spacial score (nSPS) is 10.6. The molecule has 2 aromatic rings. The van der Waals surface area contributed by atoms with Crippen molar-refractivity contribution in [1.29, 1.82) is 0 Å². The van der Waals surface area contributed by atoms with Crippen LogP contribution in [0, 0.1) is 0 Å². The van der Waals surface area contributed by atoms with E-state index >= 15 is 0 Å². The number of anilines is 1. The summed E-state index contributed by atoms with van der Waals surface area (Å²) in [7, 11) is 2.92. The highest BCUT2D eigenvalue weighted by atomic mass is 16.5. The molecule has 7 heteroatoms. The standard InChI is InChI=1S/C9H10N4O3/c1-13-3-4(8(15)16-2)5-6(13)11-9(10)12-7(5)14/h3H,1-2H3,(H3,10,11,12,14). The fourth-order valence-electron chi connectivity index (χ4n) is 1.56. The van der Waals surface area contributed by atoms with Gasteiger partial charge in [-0.25, -0.2) is 4.79 Å². The lowest BCUT2D eigenvalue weighted by Gasteiger charge is -1.96. The maximum Gasteiger partial charge on any atom is 0.340 e. The number of rotatable bonds is 1. The number of aromatic nitrogens is 3. The molecule has 0 spiro atoms. The van der Waals surface area contributed by atoms with Crippen LogP contribution in [0.3, 0.4) is 0 Å². The number of ether oxygens (including phenoxy) is 1. The smallest absolute Gasteiger partial charge is 0.340 e. The average Bonchev–Trinajstić information content (AvgIpc) is 2.55. The second-order valence-corrected chi connectivity index (χ2v) is 3.30. The monoisotopic (exact) mass is 222 g/mol. The molecule has 0 saturated heterocycles. The predicted molar refractivity (Wildman–Crippen MR) is 57.1 cm³/mol. The van der Waals surface area contributed by atoms with Crippen molar-refractivity contribution in [1.82, 2.24) is 14.5 Å². The molecule has 0 aliphatic rings. The number of carbonyl (C=O) groups is 1. The van der Waals surface area contributed by atoms with Gasteiger partial charge in [0.2, 0.25) is 5.95 Å². The predicted octanol–water partition coefficient (Wildman–Crippen LogP) is -0.370. The van der Waals surface area contributed by atoms with Crippen molar-refractivity contribution in [2.75, 3.05) is 12.8 Å². The first-order valence-corrected chi connectivity index (χ1v) is 4.47. The fraction of sp³-hybridized carbons (Fsp3) is 0.222. The van der Waals surface area contributed by atoms with E-state index in [1.165, 1.54) is 13.3 Å². The number of nitrogens with zero attached hydrogens (tertiary/aromatic N) is 2. The molecule has 0 aromatic carbocycles. The number of methoxy groups -OCH3 is 1. The summed E-state index contributed by atoms with van der Waals surface area (Å²) in [5.41, 5.74) is 5.48. The average molecular weight is 222 g/mol. The summed E-state index contributed by atoms with van der Waals surface area (Å²) >= 11 is 0. The van der Waals surface area contributed by atoms with Gasteiger partial charge in [0.1, 0.15) is 5.65 Å². The summed E-state index contributed by atoms with van der Waals surface area (Å²) in [4.78, 5) is 29.4. The van der Waals surface area contributed by atoms with Crippen molar-refractivity contribution in [3.8, 4) is 0 Å². The molecular weight excluding hydrogens is 212 g/mol. The highest BCUT2D eigenvalue weighted by molar-refractivity contribution is 6.03. The number of nitrogen functional groups attached to an aromatic ring is 1. The molecule has 2 heterocycles. The lowest BCUT2D eigenvalue weighted by Crippen LogP contribution is -2.13. The molecular formula is C9H10N4O3. The van der Waals surface area contributed by atoms with Crippen molar-refractivity contribution < 1.29 is 9.53 Å². The first kappa shape index (κ1) is 10.2. The second-order valence-electron chi connectivity index (χ2n) is 3.30.